The van der Waals surface area contributed by atoms with E-state index in [1.165, 1.54) is 6.26 Å². The molecule has 1 aliphatic heterocycles. The summed E-state index contributed by atoms with van der Waals surface area (Å²) in [5.74, 6) is 3.69. The third-order valence-corrected chi connectivity index (χ3v) is 6.21. The van der Waals surface area contributed by atoms with E-state index >= 15 is 0 Å². The van der Waals surface area contributed by atoms with Gasteiger partial charge < -0.3 is 10.6 Å². The molecule has 3 rings (SSSR count). The van der Waals surface area contributed by atoms with Gasteiger partial charge in [-0.15, -0.1) is 0 Å². The minimum atomic E-state index is -3.15. The van der Waals surface area contributed by atoms with Gasteiger partial charge in [-0.05, 0) is 12.8 Å². The molecule has 0 aromatic carbocycles. The van der Waals surface area contributed by atoms with E-state index in [0.717, 1.165) is 24.4 Å². The minimum absolute atomic E-state index is 0.396. The van der Waals surface area contributed by atoms with E-state index < -0.39 is 15.2 Å². The van der Waals surface area contributed by atoms with Crippen LogP contribution in [0.3, 0.4) is 0 Å². The lowest BCUT2D eigenvalue weighted by Gasteiger charge is -2.35. The summed E-state index contributed by atoms with van der Waals surface area (Å²) in [6, 6.07) is 1.68. The minimum Gasteiger partial charge on any atom is -0.384 e. The molecule has 20 heavy (non-hydrogen) atoms. The highest BCUT2D eigenvalue weighted by Gasteiger charge is 2.33. The van der Waals surface area contributed by atoms with Gasteiger partial charge in [-0.1, -0.05) is 0 Å². The Kier molecular flexibility index (Phi) is 3.53. The van der Waals surface area contributed by atoms with Crippen molar-refractivity contribution in [2.75, 3.05) is 34.9 Å². The molecule has 1 saturated heterocycles. The van der Waals surface area contributed by atoms with Crippen LogP contribution in [0.2, 0.25) is 0 Å². The lowest BCUT2D eigenvalue weighted by molar-refractivity contribution is 0.583. The molecule has 2 heterocycles. The molecule has 1 atom stereocenters. The molecular formula is C12H18N4O2S2. The van der Waals surface area contributed by atoms with Crippen LogP contribution in [0.15, 0.2) is 6.07 Å². The van der Waals surface area contributed by atoms with E-state index in [1.54, 1.807) is 17.8 Å². The third kappa shape index (κ3) is 2.85. The Morgan fingerprint density at radius 3 is 2.80 bits per heavy atom. The van der Waals surface area contributed by atoms with Crippen molar-refractivity contribution in [1.29, 1.82) is 0 Å². The zero-order chi connectivity index (χ0) is 14.3. The average Bonchev–Trinajstić information content (AvgIpc) is 3.21. The summed E-state index contributed by atoms with van der Waals surface area (Å²) >= 11 is 1.66. The van der Waals surface area contributed by atoms with Crippen LogP contribution in [-0.4, -0.2) is 48.1 Å². The number of nitrogens with two attached hydrogens (primary N) is 1. The molecule has 1 aliphatic carbocycles. The fourth-order valence-corrected chi connectivity index (χ4v) is 5.17. The molecule has 8 heteroatoms. The number of sulfone groups is 1. The van der Waals surface area contributed by atoms with E-state index in [1.807, 2.05) is 4.90 Å². The van der Waals surface area contributed by atoms with Gasteiger partial charge in [-0.2, -0.15) is 11.8 Å². The Morgan fingerprint density at radius 2 is 2.15 bits per heavy atom. The Balaban J connectivity index is 1.97. The molecule has 1 aromatic rings. The van der Waals surface area contributed by atoms with E-state index in [9.17, 15) is 8.42 Å². The van der Waals surface area contributed by atoms with Gasteiger partial charge in [-0.25, -0.2) is 18.4 Å². The van der Waals surface area contributed by atoms with Gasteiger partial charge >= 0.3 is 0 Å². The van der Waals surface area contributed by atoms with Crippen LogP contribution < -0.4 is 10.6 Å². The Hall–Kier alpha value is -1.02. The van der Waals surface area contributed by atoms with Crippen LogP contribution >= 0.6 is 11.8 Å². The average molecular weight is 314 g/mol. The highest BCUT2D eigenvalue weighted by molar-refractivity contribution is 8.01. The van der Waals surface area contributed by atoms with Crippen LogP contribution in [0.4, 0.5) is 11.6 Å². The normalized spacial score (nSPS) is 23.9. The molecule has 2 N–H and O–H groups in total. The van der Waals surface area contributed by atoms with Gasteiger partial charge in [0.2, 0.25) is 0 Å². The second-order valence-corrected chi connectivity index (χ2v) is 8.69. The van der Waals surface area contributed by atoms with Crippen molar-refractivity contribution in [2.24, 2.45) is 0 Å². The van der Waals surface area contributed by atoms with Crippen LogP contribution in [-0.2, 0) is 9.84 Å². The van der Waals surface area contributed by atoms with Crippen molar-refractivity contribution < 1.29 is 8.42 Å². The maximum Gasteiger partial charge on any atom is 0.169 e. The maximum absolute atomic E-state index is 12.0. The summed E-state index contributed by atoms with van der Waals surface area (Å²) in [5, 5.41) is -0.525. The van der Waals surface area contributed by atoms with E-state index in [4.69, 9.17) is 5.73 Å². The van der Waals surface area contributed by atoms with Gasteiger partial charge in [-0.3, -0.25) is 0 Å². The summed E-state index contributed by atoms with van der Waals surface area (Å²) < 4.78 is 23.9. The highest BCUT2D eigenvalue weighted by atomic mass is 32.2. The van der Waals surface area contributed by atoms with Gasteiger partial charge in [0.05, 0.1) is 0 Å². The number of aromatic nitrogens is 2. The Bertz CT molecular complexity index is 616. The number of anilines is 2. The largest absolute Gasteiger partial charge is 0.384 e. The molecule has 0 amide bonds. The SMILES string of the molecule is CS(=O)(=O)C1CSCCN1c1cc(N)nc(C2CC2)n1. The number of rotatable bonds is 3. The van der Waals surface area contributed by atoms with Crippen LogP contribution in [0.5, 0.6) is 0 Å². The predicted octanol–water partition coefficient (Wildman–Crippen LogP) is 0.860. The summed E-state index contributed by atoms with van der Waals surface area (Å²) in [5.41, 5.74) is 5.85. The first-order valence-electron chi connectivity index (χ1n) is 6.63. The van der Waals surface area contributed by atoms with E-state index in [-0.39, 0.29) is 0 Å². The quantitative estimate of drug-likeness (QED) is 0.885. The molecule has 110 valence electrons. The molecule has 0 radical (unpaired) electrons. The van der Waals surface area contributed by atoms with Crippen molar-refractivity contribution in [1.82, 2.24) is 9.97 Å². The first-order chi connectivity index (χ1) is 9.45. The predicted molar refractivity (Wildman–Crippen MR) is 81.7 cm³/mol. The standard InChI is InChI=1S/C12H18N4O2S2/c1-20(17,18)11-7-19-5-4-16(11)10-6-9(13)14-12(15-10)8-2-3-8/h6,8,11H,2-5,7H2,1H3,(H2,13,14,15). The molecule has 1 saturated carbocycles. The first kappa shape index (κ1) is 13.9. The topological polar surface area (TPSA) is 89.2 Å². The van der Waals surface area contributed by atoms with Crippen molar-refractivity contribution >= 4 is 33.2 Å². The van der Waals surface area contributed by atoms with Gasteiger partial charge in [0.1, 0.15) is 22.8 Å². The van der Waals surface area contributed by atoms with Crippen molar-refractivity contribution in [2.45, 2.75) is 24.1 Å². The third-order valence-electron chi connectivity index (χ3n) is 3.57. The van der Waals surface area contributed by atoms with E-state index in [2.05, 4.69) is 9.97 Å². The molecule has 6 nitrogen and oxygen atoms in total. The summed E-state index contributed by atoms with van der Waals surface area (Å²) in [7, 11) is -3.15. The zero-order valence-corrected chi connectivity index (χ0v) is 13.0. The number of hydrogen-bond acceptors (Lipinski definition) is 7. The Morgan fingerprint density at radius 1 is 1.40 bits per heavy atom. The molecular weight excluding hydrogens is 296 g/mol. The summed E-state index contributed by atoms with van der Waals surface area (Å²) in [6.45, 7) is 0.670. The van der Waals surface area contributed by atoms with Crippen LogP contribution in [0.25, 0.3) is 0 Å². The molecule has 2 fully saturated rings. The monoisotopic (exact) mass is 314 g/mol. The number of nitrogen functional groups attached to an aromatic ring is 1. The fraction of sp³-hybridized carbons (Fsp3) is 0.667. The lowest BCUT2D eigenvalue weighted by Crippen LogP contribution is -2.47. The van der Waals surface area contributed by atoms with Crippen LogP contribution in [0.1, 0.15) is 24.6 Å². The summed E-state index contributed by atoms with van der Waals surface area (Å²) in [4.78, 5) is 10.7. The smallest absolute Gasteiger partial charge is 0.169 e. The number of hydrogen-bond donors (Lipinski definition) is 1. The Labute approximate surface area is 123 Å². The number of nitrogens with zero attached hydrogens (tertiary/aromatic N) is 3. The molecule has 1 aromatic heterocycles. The highest BCUT2D eigenvalue weighted by Crippen LogP contribution is 2.39. The van der Waals surface area contributed by atoms with Crippen molar-refractivity contribution in [3.05, 3.63) is 11.9 Å². The lowest BCUT2D eigenvalue weighted by atomic mass is 10.3. The summed E-state index contributed by atoms with van der Waals surface area (Å²) in [6.07, 6.45) is 3.46. The van der Waals surface area contributed by atoms with Gasteiger partial charge in [0.25, 0.3) is 0 Å². The fourth-order valence-electron chi connectivity index (χ4n) is 2.34. The van der Waals surface area contributed by atoms with Gasteiger partial charge in [0, 0.05) is 36.3 Å². The molecule has 2 aliphatic rings. The second-order valence-electron chi connectivity index (χ2n) is 5.34. The molecule has 0 bridgehead atoms. The first-order valence-corrected chi connectivity index (χ1v) is 9.74. The van der Waals surface area contributed by atoms with Crippen LogP contribution in [0, 0.1) is 0 Å². The number of thioether (sulfide) groups is 1. The zero-order valence-electron chi connectivity index (χ0n) is 11.3. The van der Waals surface area contributed by atoms with Crippen molar-refractivity contribution in [3.63, 3.8) is 0 Å². The van der Waals surface area contributed by atoms with Gasteiger partial charge in [0.15, 0.2) is 9.84 Å². The molecule has 1 unspecified atom stereocenters. The second kappa shape index (κ2) is 5.07. The van der Waals surface area contributed by atoms with E-state index in [0.29, 0.717) is 29.9 Å². The van der Waals surface area contributed by atoms with Crippen molar-refractivity contribution in [3.8, 4) is 0 Å². The maximum atomic E-state index is 12.0. The molecule has 0 spiro atoms.